The van der Waals surface area contributed by atoms with Crippen LogP contribution in [0.15, 0.2) is 24.3 Å². The van der Waals surface area contributed by atoms with Gasteiger partial charge >= 0.3 is 17.8 Å². The Labute approximate surface area is 127 Å². The van der Waals surface area contributed by atoms with Crippen molar-refractivity contribution >= 4 is 17.8 Å². The van der Waals surface area contributed by atoms with Crippen molar-refractivity contribution in [1.82, 2.24) is 4.90 Å². The zero-order chi connectivity index (χ0) is 16.3. The van der Waals surface area contributed by atoms with Gasteiger partial charge in [0.2, 0.25) is 0 Å². The summed E-state index contributed by atoms with van der Waals surface area (Å²) in [4.78, 5) is 46.1. The van der Waals surface area contributed by atoms with E-state index in [9.17, 15) is 14.4 Å². The molecule has 0 spiro atoms. The Morgan fingerprint density at radius 2 is 1.86 bits per heavy atom. The summed E-state index contributed by atoms with van der Waals surface area (Å²) >= 11 is 0. The normalized spacial score (nSPS) is 20.0. The van der Waals surface area contributed by atoms with Crippen molar-refractivity contribution in [3.63, 3.8) is 0 Å². The molecule has 0 saturated heterocycles. The minimum absolute atomic E-state index is 0.242. The topological polar surface area (TPSA) is 82.1 Å². The van der Waals surface area contributed by atoms with E-state index in [2.05, 4.69) is 14.5 Å². The molecule has 7 nitrogen and oxygen atoms in total. The predicted octanol–water partition coefficient (Wildman–Crippen LogP) is 0.778. The molecule has 0 saturated carbocycles. The Bertz CT molecular complexity index is 599. The van der Waals surface area contributed by atoms with Gasteiger partial charge in [-0.05, 0) is 18.1 Å². The van der Waals surface area contributed by atoms with Crippen molar-refractivity contribution in [1.29, 1.82) is 0 Å². The molecular formula is C15H17NO6. The number of nitrogens with zero attached hydrogens (tertiary/aromatic N) is 1. The van der Waals surface area contributed by atoms with Crippen LogP contribution in [0.1, 0.15) is 24.1 Å². The van der Waals surface area contributed by atoms with E-state index in [-0.39, 0.29) is 6.42 Å². The van der Waals surface area contributed by atoms with E-state index in [1.807, 2.05) is 24.3 Å². The maximum atomic E-state index is 12.3. The number of ether oxygens (including phenoxy) is 1. The Kier molecular flexibility index (Phi) is 4.77. The lowest BCUT2D eigenvalue weighted by Crippen LogP contribution is -2.53. The molecule has 0 fully saturated rings. The van der Waals surface area contributed by atoms with Crippen molar-refractivity contribution in [2.75, 3.05) is 14.2 Å². The van der Waals surface area contributed by atoms with E-state index in [1.54, 1.807) is 6.92 Å². The maximum absolute atomic E-state index is 12.3. The molecule has 0 aliphatic carbocycles. The van der Waals surface area contributed by atoms with Gasteiger partial charge in [0.15, 0.2) is 0 Å². The fourth-order valence-corrected chi connectivity index (χ4v) is 2.70. The predicted molar refractivity (Wildman–Crippen MR) is 74.3 cm³/mol. The van der Waals surface area contributed by atoms with E-state index in [4.69, 9.17) is 0 Å². The summed E-state index contributed by atoms with van der Waals surface area (Å²) in [7, 11) is 2.32. The Balaban J connectivity index is 2.43. The minimum Gasteiger partial charge on any atom is -0.462 e. The molecule has 0 aromatic heterocycles. The SMILES string of the molecule is COOC(=O)C1Cc2ccccc2C(C)N1C(=O)C(=O)OC. The fraction of sp³-hybridized carbons (Fsp3) is 0.400. The third-order valence-electron chi connectivity index (χ3n) is 3.70. The first-order chi connectivity index (χ1) is 10.5. The summed E-state index contributed by atoms with van der Waals surface area (Å²) in [6.45, 7) is 1.74. The van der Waals surface area contributed by atoms with E-state index >= 15 is 0 Å². The lowest BCUT2D eigenvalue weighted by molar-refractivity contribution is -0.260. The van der Waals surface area contributed by atoms with Gasteiger partial charge in [0.25, 0.3) is 0 Å². The average Bonchev–Trinajstić information content (AvgIpc) is 2.53. The Morgan fingerprint density at radius 3 is 2.50 bits per heavy atom. The zero-order valence-corrected chi connectivity index (χ0v) is 12.6. The van der Waals surface area contributed by atoms with Crippen LogP contribution in [-0.2, 0) is 35.3 Å². The van der Waals surface area contributed by atoms with E-state index in [1.165, 1.54) is 12.0 Å². The van der Waals surface area contributed by atoms with E-state index in [0.717, 1.165) is 18.2 Å². The van der Waals surface area contributed by atoms with Crippen molar-refractivity contribution in [2.24, 2.45) is 0 Å². The van der Waals surface area contributed by atoms with Gasteiger partial charge in [-0.2, -0.15) is 4.89 Å². The quantitative estimate of drug-likeness (QED) is 0.347. The van der Waals surface area contributed by atoms with Crippen molar-refractivity contribution in [3.8, 4) is 0 Å². The molecule has 1 aliphatic heterocycles. The minimum atomic E-state index is -1.03. The first-order valence-corrected chi connectivity index (χ1v) is 6.74. The molecule has 1 amide bonds. The summed E-state index contributed by atoms with van der Waals surface area (Å²) in [5, 5.41) is 0. The van der Waals surface area contributed by atoms with Crippen molar-refractivity contribution < 1.29 is 28.9 Å². The number of methoxy groups -OCH3 is 1. The molecule has 1 heterocycles. The second kappa shape index (κ2) is 6.57. The van der Waals surface area contributed by atoms with Crippen LogP contribution in [0.25, 0.3) is 0 Å². The second-order valence-corrected chi connectivity index (χ2v) is 4.87. The molecule has 2 atom stereocenters. The molecule has 22 heavy (non-hydrogen) atoms. The van der Waals surface area contributed by atoms with Crippen LogP contribution in [0, 0.1) is 0 Å². The number of carbonyl (C=O) groups excluding carboxylic acids is 3. The first kappa shape index (κ1) is 16.0. The van der Waals surface area contributed by atoms with Gasteiger partial charge in [-0.3, -0.25) is 9.68 Å². The Hall–Kier alpha value is -2.41. The van der Waals surface area contributed by atoms with Gasteiger partial charge < -0.3 is 9.64 Å². The van der Waals surface area contributed by atoms with Gasteiger partial charge in [0.1, 0.15) is 6.04 Å². The number of benzene rings is 1. The van der Waals surface area contributed by atoms with Crippen LogP contribution < -0.4 is 0 Å². The fourth-order valence-electron chi connectivity index (χ4n) is 2.70. The third kappa shape index (κ3) is 2.80. The van der Waals surface area contributed by atoms with E-state index in [0.29, 0.717) is 0 Å². The van der Waals surface area contributed by atoms with Crippen LogP contribution in [-0.4, -0.2) is 43.0 Å². The van der Waals surface area contributed by atoms with Gasteiger partial charge in [-0.1, -0.05) is 24.3 Å². The molecule has 0 N–H and O–H groups in total. The van der Waals surface area contributed by atoms with Gasteiger partial charge in [0, 0.05) is 6.42 Å². The van der Waals surface area contributed by atoms with Crippen LogP contribution in [0.3, 0.4) is 0 Å². The summed E-state index contributed by atoms with van der Waals surface area (Å²) in [5.74, 6) is -2.65. The van der Waals surface area contributed by atoms with Crippen LogP contribution >= 0.6 is 0 Å². The average molecular weight is 307 g/mol. The molecule has 7 heteroatoms. The number of amides is 1. The third-order valence-corrected chi connectivity index (χ3v) is 3.70. The zero-order valence-electron chi connectivity index (χ0n) is 12.6. The molecule has 1 aromatic carbocycles. The molecule has 1 aromatic rings. The highest BCUT2D eigenvalue weighted by atomic mass is 17.2. The number of esters is 1. The highest BCUT2D eigenvalue weighted by molar-refractivity contribution is 6.32. The molecule has 0 radical (unpaired) electrons. The highest BCUT2D eigenvalue weighted by Crippen LogP contribution is 2.33. The first-order valence-electron chi connectivity index (χ1n) is 6.74. The largest absolute Gasteiger partial charge is 0.462 e. The summed E-state index contributed by atoms with van der Waals surface area (Å²) < 4.78 is 4.48. The maximum Gasteiger partial charge on any atom is 0.396 e. The summed E-state index contributed by atoms with van der Waals surface area (Å²) in [5.41, 5.74) is 1.79. The number of rotatable bonds is 2. The van der Waals surface area contributed by atoms with Crippen LogP contribution in [0.5, 0.6) is 0 Å². The highest BCUT2D eigenvalue weighted by Gasteiger charge is 2.42. The molecule has 118 valence electrons. The van der Waals surface area contributed by atoms with Gasteiger partial charge in [-0.15, -0.1) is 0 Å². The number of hydrogen-bond donors (Lipinski definition) is 0. The van der Waals surface area contributed by atoms with Gasteiger partial charge in [-0.25, -0.2) is 9.59 Å². The standard InChI is InChI=1S/C15H17NO6/c1-9-11-7-5-4-6-10(11)8-12(14(18)22-21-3)16(9)13(17)15(19)20-2/h4-7,9,12H,8H2,1-3H3. The van der Waals surface area contributed by atoms with Crippen LogP contribution in [0.2, 0.25) is 0 Å². The lowest BCUT2D eigenvalue weighted by atomic mass is 9.88. The smallest absolute Gasteiger partial charge is 0.396 e. The molecule has 1 aliphatic rings. The summed E-state index contributed by atoms with van der Waals surface area (Å²) in [6.07, 6.45) is 0.242. The number of hydrogen-bond acceptors (Lipinski definition) is 6. The molecule has 0 bridgehead atoms. The van der Waals surface area contributed by atoms with E-state index < -0.39 is 29.9 Å². The lowest BCUT2D eigenvalue weighted by Gasteiger charge is -2.39. The van der Waals surface area contributed by atoms with Crippen molar-refractivity contribution in [3.05, 3.63) is 35.4 Å². The summed E-state index contributed by atoms with van der Waals surface area (Å²) in [6, 6.07) is 6.00. The van der Waals surface area contributed by atoms with Crippen molar-refractivity contribution in [2.45, 2.75) is 25.4 Å². The molecule has 2 unspecified atom stereocenters. The number of fused-ring (bicyclic) bond motifs is 1. The van der Waals surface area contributed by atoms with Crippen LogP contribution in [0.4, 0.5) is 0 Å². The molecular weight excluding hydrogens is 290 g/mol. The number of carbonyl (C=O) groups is 3. The Morgan fingerprint density at radius 1 is 1.18 bits per heavy atom. The second-order valence-electron chi connectivity index (χ2n) is 4.87. The monoisotopic (exact) mass is 307 g/mol. The van der Waals surface area contributed by atoms with Gasteiger partial charge in [0.05, 0.1) is 20.3 Å². The molecule has 2 rings (SSSR count).